The number of aliphatic carboxylic acids is 1. The fourth-order valence-corrected chi connectivity index (χ4v) is 11.6. The summed E-state index contributed by atoms with van der Waals surface area (Å²) in [6.45, 7) is -0.287. The lowest BCUT2D eigenvalue weighted by molar-refractivity contribution is -0.141. The Morgan fingerprint density at radius 3 is 1.83 bits per heavy atom. The Kier molecular flexibility index (Phi) is 9.34. The second-order valence-corrected chi connectivity index (χ2v) is 17.4. The van der Waals surface area contributed by atoms with Crippen molar-refractivity contribution in [2.45, 2.75) is 28.8 Å². The molecule has 5 aromatic carbocycles. The average molecular weight is 912 g/mol. The number of carbonyl (C=O) groups is 1. The van der Waals surface area contributed by atoms with Crippen LogP contribution in [0.5, 0.6) is 5.75 Å². The van der Waals surface area contributed by atoms with Gasteiger partial charge in [0.15, 0.2) is 5.75 Å². The zero-order chi connectivity index (χ0) is 34.7. The van der Waals surface area contributed by atoms with Gasteiger partial charge in [0.25, 0.3) is 0 Å². The molecular formula is C34H31I2N3O7S2. The first-order valence-corrected chi connectivity index (χ1v) is 19.7. The van der Waals surface area contributed by atoms with E-state index >= 15 is 0 Å². The molecule has 1 atom stereocenters. The maximum Gasteiger partial charge on any atom is 0.339 e. The molecule has 5 aromatic rings. The van der Waals surface area contributed by atoms with Gasteiger partial charge < -0.3 is 19.1 Å². The van der Waals surface area contributed by atoms with E-state index in [1.807, 2.05) is 107 Å². The Morgan fingerprint density at radius 2 is 1.29 bits per heavy atom. The van der Waals surface area contributed by atoms with E-state index in [1.165, 1.54) is 12.1 Å². The number of nitrogens with zero attached hydrogens (tertiary/aromatic N) is 3. The Morgan fingerprint density at radius 1 is 0.792 bits per heavy atom. The first kappa shape index (κ1) is 34.7. The van der Waals surface area contributed by atoms with Crippen LogP contribution in [0, 0.1) is 7.14 Å². The largest absolute Gasteiger partial charge is 0.480 e. The summed E-state index contributed by atoms with van der Waals surface area (Å²) in [6.07, 6.45) is -0.104. The molecule has 10 nitrogen and oxygen atoms in total. The Balaban J connectivity index is 1.44. The van der Waals surface area contributed by atoms with Gasteiger partial charge in [-0.15, -0.1) is 0 Å². The van der Waals surface area contributed by atoms with Crippen LogP contribution in [0.1, 0.15) is 11.1 Å². The van der Waals surface area contributed by atoms with E-state index in [2.05, 4.69) is 0 Å². The van der Waals surface area contributed by atoms with Crippen molar-refractivity contribution in [3.63, 3.8) is 0 Å². The van der Waals surface area contributed by atoms with Crippen LogP contribution in [0.2, 0.25) is 0 Å². The number of sulfonamides is 1. The highest BCUT2D eigenvalue weighted by Gasteiger charge is 2.42. The van der Waals surface area contributed by atoms with Gasteiger partial charge in [0, 0.05) is 74.1 Å². The third kappa shape index (κ3) is 5.99. The van der Waals surface area contributed by atoms with Gasteiger partial charge in [-0.3, -0.25) is 4.79 Å². The Bertz CT molecular complexity index is 2350. The van der Waals surface area contributed by atoms with Crippen LogP contribution in [0.3, 0.4) is 0 Å². The van der Waals surface area contributed by atoms with E-state index in [4.69, 9.17) is 4.18 Å². The van der Waals surface area contributed by atoms with Gasteiger partial charge in [-0.25, -0.2) is 8.42 Å². The summed E-state index contributed by atoms with van der Waals surface area (Å²) >= 11 is 3.94. The first-order chi connectivity index (χ1) is 22.6. The van der Waals surface area contributed by atoms with Crippen molar-refractivity contribution in [3.05, 3.63) is 97.1 Å². The predicted molar refractivity (Wildman–Crippen MR) is 204 cm³/mol. The molecular weight excluding hydrogens is 880 g/mol. The van der Waals surface area contributed by atoms with E-state index in [9.17, 15) is 26.7 Å². The molecule has 0 spiro atoms. The van der Waals surface area contributed by atoms with Crippen LogP contribution in [0.4, 0.5) is 11.4 Å². The monoisotopic (exact) mass is 911 g/mol. The average Bonchev–Trinajstić information content (AvgIpc) is 3.04. The van der Waals surface area contributed by atoms with Crippen molar-refractivity contribution in [2.24, 2.45) is 0 Å². The van der Waals surface area contributed by atoms with Gasteiger partial charge in [-0.05, 0) is 86.6 Å². The molecule has 1 heterocycles. The number of halogens is 2. The maximum absolute atomic E-state index is 14.4. The molecule has 1 aliphatic rings. The minimum absolute atomic E-state index is 0.00350. The fraction of sp³-hybridized carbons (Fsp3) is 0.206. The summed E-state index contributed by atoms with van der Waals surface area (Å²) < 4.78 is 64.3. The van der Waals surface area contributed by atoms with Crippen molar-refractivity contribution in [2.75, 3.05) is 38.0 Å². The van der Waals surface area contributed by atoms with Gasteiger partial charge in [0.05, 0.1) is 12.0 Å². The molecule has 6 rings (SSSR count). The third-order valence-corrected chi connectivity index (χ3v) is 13.6. The molecule has 0 fully saturated rings. The van der Waals surface area contributed by atoms with Gasteiger partial charge in [-0.1, -0.05) is 48.5 Å². The summed E-state index contributed by atoms with van der Waals surface area (Å²) in [6, 6.07) is 21.0. The van der Waals surface area contributed by atoms with Crippen molar-refractivity contribution < 1.29 is 30.9 Å². The zero-order valence-corrected chi connectivity index (χ0v) is 32.3. The summed E-state index contributed by atoms with van der Waals surface area (Å²) in [5.41, 5.74) is 2.77. The molecule has 0 aromatic heterocycles. The molecule has 0 saturated carbocycles. The molecule has 250 valence electrons. The fourth-order valence-electron chi connectivity index (χ4n) is 6.19. The SMILES string of the molecule is CN(C)c1cccc2c(S(=O)(=O)Oc3c(I)cc4c(c3I)CN(S(=O)(=O)c3cccc5c(N(C)C)cccc35)[C@H](C(=O)O)C4)cccc12. The van der Waals surface area contributed by atoms with Gasteiger partial charge in [-0.2, -0.15) is 12.7 Å². The van der Waals surface area contributed by atoms with Gasteiger partial charge >= 0.3 is 16.1 Å². The molecule has 0 amide bonds. The molecule has 0 saturated heterocycles. The number of anilines is 2. The van der Waals surface area contributed by atoms with Crippen LogP contribution < -0.4 is 14.0 Å². The predicted octanol–water partition coefficient (Wildman–Crippen LogP) is 6.30. The first-order valence-electron chi connectivity index (χ1n) is 14.7. The highest BCUT2D eigenvalue weighted by atomic mass is 127. The van der Waals surface area contributed by atoms with Crippen molar-refractivity contribution >= 4 is 104 Å². The van der Waals surface area contributed by atoms with Crippen molar-refractivity contribution in [1.82, 2.24) is 4.31 Å². The smallest absolute Gasteiger partial charge is 0.339 e. The van der Waals surface area contributed by atoms with E-state index in [1.54, 1.807) is 42.5 Å². The lowest BCUT2D eigenvalue weighted by atomic mass is 9.95. The number of carboxylic acids is 1. The number of fused-ring (bicyclic) bond motifs is 3. The summed E-state index contributed by atoms with van der Waals surface area (Å²) in [7, 11) is -1.23. The summed E-state index contributed by atoms with van der Waals surface area (Å²) in [5, 5.41) is 12.7. The molecule has 0 unspecified atom stereocenters. The van der Waals surface area contributed by atoms with Gasteiger partial charge in [0.1, 0.15) is 10.9 Å². The third-order valence-electron chi connectivity index (χ3n) is 8.46. The lowest BCUT2D eigenvalue weighted by Gasteiger charge is -2.35. The van der Waals surface area contributed by atoms with Crippen LogP contribution in [0.25, 0.3) is 21.5 Å². The molecule has 48 heavy (non-hydrogen) atoms. The highest BCUT2D eigenvalue weighted by Crippen LogP contribution is 2.41. The van der Waals surface area contributed by atoms with Crippen LogP contribution >= 0.6 is 45.2 Å². The second kappa shape index (κ2) is 12.9. The zero-order valence-electron chi connectivity index (χ0n) is 26.3. The van der Waals surface area contributed by atoms with E-state index in [-0.39, 0.29) is 28.5 Å². The Hall–Kier alpha value is -3.19. The van der Waals surface area contributed by atoms with E-state index in [0.29, 0.717) is 34.4 Å². The quantitative estimate of drug-likeness (QED) is 0.141. The number of benzene rings is 5. The standard InChI is InChI=1S/C34H31I2N3O7S2/c1-37(2)27-13-5-11-23-21(27)9-7-15-30(23)47(42,43)39-19-25-20(18-29(39)34(40)41)17-26(35)33(32(25)36)46-48(44,45)31-16-8-10-22-24(31)12-6-14-28(22)38(3)4/h5-17,29H,18-19H2,1-4H3,(H,40,41)/t29-/m0/s1. The highest BCUT2D eigenvalue weighted by molar-refractivity contribution is 14.1. The molecule has 0 aliphatic carbocycles. The van der Waals surface area contributed by atoms with Crippen LogP contribution in [0.15, 0.2) is 88.7 Å². The maximum atomic E-state index is 14.4. The molecule has 14 heteroatoms. The second-order valence-electron chi connectivity index (χ2n) is 11.8. The molecule has 0 radical (unpaired) electrons. The number of hydrogen-bond acceptors (Lipinski definition) is 8. The normalized spacial score (nSPS) is 15.3. The van der Waals surface area contributed by atoms with E-state index in [0.717, 1.165) is 21.1 Å². The molecule has 1 aliphatic heterocycles. The number of carboxylic acid groups (broad SMARTS) is 1. The van der Waals surface area contributed by atoms with Gasteiger partial charge in [0.2, 0.25) is 10.0 Å². The summed E-state index contributed by atoms with van der Waals surface area (Å²) in [5.74, 6) is -1.22. The van der Waals surface area contributed by atoms with Crippen LogP contribution in [-0.2, 0) is 37.9 Å². The number of rotatable bonds is 8. The lowest BCUT2D eigenvalue weighted by Crippen LogP contribution is -2.48. The minimum atomic E-state index is -4.36. The molecule has 0 bridgehead atoms. The molecule has 1 N–H and O–H groups in total. The van der Waals surface area contributed by atoms with Crippen molar-refractivity contribution in [1.29, 1.82) is 0 Å². The van der Waals surface area contributed by atoms with Crippen LogP contribution in [-0.4, -0.2) is 66.4 Å². The van der Waals surface area contributed by atoms with Crippen molar-refractivity contribution in [3.8, 4) is 5.75 Å². The minimum Gasteiger partial charge on any atom is -0.480 e. The summed E-state index contributed by atoms with van der Waals surface area (Å²) in [4.78, 5) is 16.4. The Labute approximate surface area is 306 Å². The van der Waals surface area contributed by atoms with E-state index < -0.39 is 32.2 Å². The number of hydrogen-bond donors (Lipinski definition) is 1. The topological polar surface area (TPSA) is 125 Å².